The van der Waals surface area contributed by atoms with Crippen LogP contribution >= 0.6 is 0 Å². The third-order valence-corrected chi connectivity index (χ3v) is 5.07. The van der Waals surface area contributed by atoms with Gasteiger partial charge in [0.25, 0.3) is 0 Å². The monoisotopic (exact) mass is 354 g/mol. The second kappa shape index (κ2) is 6.87. The van der Waals surface area contributed by atoms with Gasteiger partial charge in [0.1, 0.15) is 5.82 Å². The van der Waals surface area contributed by atoms with Gasteiger partial charge in [-0.05, 0) is 25.3 Å². The number of nitrogens with one attached hydrogen (secondary N) is 1. The van der Waals surface area contributed by atoms with Crippen LogP contribution in [0.15, 0.2) is 30.9 Å². The van der Waals surface area contributed by atoms with E-state index in [0.717, 1.165) is 37.3 Å². The van der Waals surface area contributed by atoms with Gasteiger partial charge in [0.2, 0.25) is 0 Å². The molecule has 3 aromatic heterocycles. The standard InChI is InChI=1S/C18H22N6O2/c1-2-13(16(26)15-11-21-24-7-3-6-19-17(15)24)14-10-20-22-18(14)23-8-4-12(25)5-9-23/h3,6-7,10-13,25H,2,4-5,8-9H2,1H3,(H,20,22). The van der Waals surface area contributed by atoms with Gasteiger partial charge >= 0.3 is 0 Å². The molecule has 1 atom stereocenters. The number of aliphatic hydroxyl groups is 1. The van der Waals surface area contributed by atoms with E-state index < -0.39 is 0 Å². The van der Waals surface area contributed by atoms with Crippen LogP contribution in [0.4, 0.5) is 5.82 Å². The van der Waals surface area contributed by atoms with Gasteiger partial charge in [-0.15, -0.1) is 0 Å². The van der Waals surface area contributed by atoms with Crippen LogP contribution in [0, 0.1) is 0 Å². The van der Waals surface area contributed by atoms with E-state index in [1.54, 1.807) is 35.4 Å². The molecular formula is C18H22N6O2. The fraction of sp³-hybridized carbons (Fsp3) is 0.444. The number of anilines is 1. The lowest BCUT2D eigenvalue weighted by Crippen LogP contribution is -2.36. The van der Waals surface area contributed by atoms with Crippen LogP contribution in [0.1, 0.15) is 48.0 Å². The predicted octanol–water partition coefficient (Wildman–Crippen LogP) is 1.79. The van der Waals surface area contributed by atoms with Crippen molar-refractivity contribution in [2.75, 3.05) is 18.0 Å². The molecule has 3 aromatic rings. The zero-order chi connectivity index (χ0) is 18.1. The fourth-order valence-electron chi connectivity index (χ4n) is 3.62. The molecule has 8 nitrogen and oxygen atoms in total. The highest BCUT2D eigenvalue weighted by Gasteiger charge is 2.29. The van der Waals surface area contributed by atoms with Crippen molar-refractivity contribution in [3.8, 4) is 0 Å². The molecule has 0 aliphatic carbocycles. The molecule has 136 valence electrons. The summed E-state index contributed by atoms with van der Waals surface area (Å²) in [5.74, 6) is 0.563. The van der Waals surface area contributed by atoms with E-state index in [1.807, 2.05) is 6.92 Å². The normalized spacial score (nSPS) is 16.9. The van der Waals surface area contributed by atoms with Gasteiger partial charge in [0, 0.05) is 31.0 Å². The highest BCUT2D eigenvalue weighted by Crippen LogP contribution is 2.32. The Morgan fingerprint density at radius 1 is 1.38 bits per heavy atom. The van der Waals surface area contributed by atoms with Gasteiger partial charge in [-0.3, -0.25) is 9.89 Å². The molecule has 1 unspecified atom stereocenters. The molecule has 4 rings (SSSR count). The van der Waals surface area contributed by atoms with Crippen LogP contribution in [-0.4, -0.2) is 54.9 Å². The van der Waals surface area contributed by atoms with Gasteiger partial charge in [0.15, 0.2) is 11.4 Å². The number of carbonyl (C=O) groups excluding carboxylic acids is 1. The summed E-state index contributed by atoms with van der Waals surface area (Å²) in [6.07, 6.45) is 8.63. The number of aliphatic hydroxyl groups excluding tert-OH is 1. The lowest BCUT2D eigenvalue weighted by atomic mass is 9.90. The Hall–Kier alpha value is -2.74. The molecule has 8 heteroatoms. The number of ketones is 1. The molecular weight excluding hydrogens is 332 g/mol. The third kappa shape index (κ3) is 2.86. The minimum Gasteiger partial charge on any atom is -0.393 e. The number of Topliss-reactive ketones (excluding diaryl/α,β-unsaturated/α-hetero) is 1. The SMILES string of the molecule is CCC(C(=O)c1cnn2cccnc12)c1cn[nH]c1N1CCC(O)CC1. The quantitative estimate of drug-likeness (QED) is 0.678. The highest BCUT2D eigenvalue weighted by atomic mass is 16.3. The summed E-state index contributed by atoms with van der Waals surface area (Å²) in [6.45, 7) is 3.50. The minimum absolute atomic E-state index is 0.000828. The number of hydrogen-bond acceptors (Lipinski definition) is 6. The van der Waals surface area contributed by atoms with Crippen molar-refractivity contribution in [1.82, 2.24) is 24.8 Å². The van der Waals surface area contributed by atoms with Gasteiger partial charge in [-0.25, -0.2) is 9.50 Å². The number of H-pyrrole nitrogens is 1. The zero-order valence-electron chi connectivity index (χ0n) is 14.7. The van der Waals surface area contributed by atoms with Crippen molar-refractivity contribution in [3.05, 3.63) is 42.0 Å². The number of nitrogens with zero attached hydrogens (tertiary/aromatic N) is 5. The smallest absolute Gasteiger partial charge is 0.175 e. The molecule has 1 saturated heterocycles. The van der Waals surface area contributed by atoms with E-state index >= 15 is 0 Å². The van der Waals surface area contributed by atoms with Gasteiger partial charge in [-0.2, -0.15) is 10.2 Å². The van der Waals surface area contributed by atoms with E-state index in [2.05, 4.69) is 25.2 Å². The summed E-state index contributed by atoms with van der Waals surface area (Å²) < 4.78 is 1.61. The number of carbonyl (C=O) groups is 1. The first-order valence-corrected chi connectivity index (χ1v) is 8.98. The predicted molar refractivity (Wildman–Crippen MR) is 96.4 cm³/mol. The maximum absolute atomic E-state index is 13.2. The van der Waals surface area contributed by atoms with Crippen molar-refractivity contribution in [3.63, 3.8) is 0 Å². The van der Waals surface area contributed by atoms with Crippen molar-refractivity contribution in [1.29, 1.82) is 0 Å². The minimum atomic E-state index is -0.314. The average molecular weight is 354 g/mol. The van der Waals surface area contributed by atoms with Gasteiger partial charge in [0.05, 0.1) is 30.0 Å². The first kappa shape index (κ1) is 16.7. The van der Waals surface area contributed by atoms with Crippen molar-refractivity contribution < 1.29 is 9.90 Å². The molecule has 0 bridgehead atoms. The van der Waals surface area contributed by atoms with Crippen LogP contribution in [0.25, 0.3) is 5.65 Å². The lowest BCUT2D eigenvalue weighted by molar-refractivity contribution is 0.0958. The van der Waals surface area contributed by atoms with E-state index in [-0.39, 0.29) is 17.8 Å². The second-order valence-corrected chi connectivity index (χ2v) is 6.66. The number of rotatable bonds is 5. The molecule has 0 spiro atoms. The first-order valence-electron chi connectivity index (χ1n) is 8.98. The van der Waals surface area contributed by atoms with Crippen molar-refractivity contribution >= 4 is 17.2 Å². The van der Waals surface area contributed by atoms with Crippen LogP contribution in [0.5, 0.6) is 0 Å². The summed E-state index contributed by atoms with van der Waals surface area (Å²) in [5.41, 5.74) is 1.99. The van der Waals surface area contributed by atoms with Crippen molar-refractivity contribution in [2.45, 2.75) is 38.2 Å². The summed E-state index contributed by atoms with van der Waals surface area (Å²) in [6, 6.07) is 1.78. The molecule has 1 aliphatic rings. The number of fused-ring (bicyclic) bond motifs is 1. The Morgan fingerprint density at radius 2 is 2.19 bits per heavy atom. The largest absolute Gasteiger partial charge is 0.393 e. The second-order valence-electron chi connectivity index (χ2n) is 6.66. The maximum atomic E-state index is 13.2. The molecule has 4 heterocycles. The van der Waals surface area contributed by atoms with Gasteiger partial charge in [-0.1, -0.05) is 6.92 Å². The van der Waals surface area contributed by atoms with E-state index in [4.69, 9.17) is 0 Å². The molecule has 0 radical (unpaired) electrons. The number of aromatic nitrogens is 5. The first-order chi connectivity index (χ1) is 12.7. The van der Waals surface area contributed by atoms with Crippen LogP contribution in [-0.2, 0) is 0 Å². The third-order valence-electron chi connectivity index (χ3n) is 5.07. The van der Waals surface area contributed by atoms with Crippen LogP contribution in [0.2, 0.25) is 0 Å². The van der Waals surface area contributed by atoms with Crippen molar-refractivity contribution in [2.24, 2.45) is 0 Å². The van der Waals surface area contributed by atoms with Crippen LogP contribution < -0.4 is 4.90 Å². The summed E-state index contributed by atoms with van der Waals surface area (Å²) in [4.78, 5) is 19.7. The fourth-order valence-corrected chi connectivity index (χ4v) is 3.62. The molecule has 0 saturated carbocycles. The van der Waals surface area contributed by atoms with E-state index in [0.29, 0.717) is 17.6 Å². The van der Waals surface area contributed by atoms with Crippen LogP contribution in [0.3, 0.4) is 0 Å². The summed E-state index contributed by atoms with van der Waals surface area (Å²) >= 11 is 0. The summed E-state index contributed by atoms with van der Waals surface area (Å²) in [5, 5.41) is 21.2. The summed E-state index contributed by atoms with van der Waals surface area (Å²) in [7, 11) is 0. The lowest BCUT2D eigenvalue weighted by Gasteiger charge is -2.31. The molecule has 26 heavy (non-hydrogen) atoms. The molecule has 0 amide bonds. The number of piperidine rings is 1. The Balaban J connectivity index is 1.66. The average Bonchev–Trinajstić information content (AvgIpc) is 3.30. The topological polar surface area (TPSA) is 99.4 Å². The molecule has 1 aliphatic heterocycles. The van der Waals surface area contributed by atoms with E-state index in [9.17, 15) is 9.90 Å². The Bertz CT molecular complexity index is 909. The van der Waals surface area contributed by atoms with E-state index in [1.165, 1.54) is 0 Å². The molecule has 2 N–H and O–H groups in total. The molecule has 1 fully saturated rings. The Kier molecular flexibility index (Phi) is 4.42. The Labute approximate surface area is 150 Å². The maximum Gasteiger partial charge on any atom is 0.175 e. The molecule has 0 aromatic carbocycles. The number of hydrogen-bond donors (Lipinski definition) is 2. The Morgan fingerprint density at radius 3 is 2.96 bits per heavy atom. The highest BCUT2D eigenvalue weighted by molar-refractivity contribution is 6.05. The zero-order valence-corrected chi connectivity index (χ0v) is 14.7. The van der Waals surface area contributed by atoms with Gasteiger partial charge < -0.3 is 10.0 Å². The number of aromatic amines is 1.